The maximum Gasteiger partial charge on any atom is 0.251 e. The molecule has 0 unspecified atom stereocenters. The molecule has 0 aliphatic rings. The zero-order chi connectivity index (χ0) is 15.7. The molecule has 0 aliphatic heterocycles. The summed E-state index contributed by atoms with van der Waals surface area (Å²) in [5, 5.41) is 2.89. The van der Waals surface area contributed by atoms with Crippen molar-refractivity contribution in [2.45, 2.75) is 18.6 Å². The fraction of sp³-hybridized carbons (Fsp3) is 0.417. The SMILES string of the molecule is CC(C)(CNC(=O)c1cc(N)c(Cl)c(Cl)c1)S(C)(=O)=O. The third kappa shape index (κ3) is 3.77. The second-order valence-electron chi connectivity index (χ2n) is 5.08. The standard InChI is InChI=1S/C12H16Cl2N2O3S/c1-12(2,20(3,18)19)6-16-11(17)7-4-8(13)10(14)9(15)5-7/h4-5H,6,15H2,1-3H3,(H,16,17). The molecule has 1 rings (SSSR count). The van der Waals surface area contributed by atoms with E-state index in [9.17, 15) is 13.2 Å². The Kier molecular flexibility index (Phi) is 4.94. The molecule has 0 bridgehead atoms. The number of carbonyl (C=O) groups excluding carboxylic acids is 1. The van der Waals surface area contributed by atoms with E-state index < -0.39 is 20.5 Å². The van der Waals surface area contributed by atoms with Gasteiger partial charge in [0.25, 0.3) is 5.91 Å². The number of halogens is 2. The number of nitrogens with two attached hydrogens (primary N) is 1. The first-order valence-electron chi connectivity index (χ1n) is 5.68. The van der Waals surface area contributed by atoms with Crippen LogP contribution in [0.15, 0.2) is 12.1 Å². The summed E-state index contributed by atoms with van der Waals surface area (Å²) in [5.74, 6) is -0.466. The van der Waals surface area contributed by atoms with Gasteiger partial charge in [-0.25, -0.2) is 8.42 Å². The smallest absolute Gasteiger partial charge is 0.251 e. The molecule has 0 heterocycles. The molecule has 3 N–H and O–H groups in total. The predicted molar refractivity (Wildman–Crippen MR) is 82.1 cm³/mol. The molecule has 5 nitrogen and oxygen atoms in total. The van der Waals surface area contributed by atoms with Gasteiger partial charge in [-0.05, 0) is 26.0 Å². The van der Waals surface area contributed by atoms with Crippen LogP contribution in [-0.2, 0) is 9.84 Å². The Balaban J connectivity index is 2.89. The zero-order valence-electron chi connectivity index (χ0n) is 11.3. The Morgan fingerprint density at radius 2 is 1.90 bits per heavy atom. The molecular weight excluding hydrogens is 323 g/mol. The van der Waals surface area contributed by atoms with Gasteiger partial charge in [-0.1, -0.05) is 23.2 Å². The first kappa shape index (κ1) is 17.1. The Hall–Kier alpha value is -0.980. The molecule has 0 atom stereocenters. The van der Waals surface area contributed by atoms with Crippen LogP contribution in [0.2, 0.25) is 10.0 Å². The summed E-state index contributed by atoms with van der Waals surface area (Å²) in [6.07, 6.45) is 1.12. The number of hydrogen-bond donors (Lipinski definition) is 2. The highest BCUT2D eigenvalue weighted by molar-refractivity contribution is 7.92. The van der Waals surface area contributed by atoms with E-state index in [2.05, 4.69) is 5.32 Å². The van der Waals surface area contributed by atoms with Crippen molar-refractivity contribution in [2.75, 3.05) is 18.5 Å². The minimum atomic E-state index is -3.29. The average Bonchev–Trinajstić information content (AvgIpc) is 2.31. The summed E-state index contributed by atoms with van der Waals surface area (Å²) >= 11 is 11.6. The molecule has 1 aromatic carbocycles. The van der Waals surface area contributed by atoms with Gasteiger partial charge < -0.3 is 11.1 Å². The number of sulfone groups is 1. The summed E-state index contributed by atoms with van der Waals surface area (Å²) in [5.41, 5.74) is 6.03. The fourth-order valence-corrected chi connectivity index (χ4v) is 1.94. The normalized spacial score (nSPS) is 12.2. The van der Waals surface area contributed by atoms with E-state index in [0.717, 1.165) is 6.26 Å². The molecule has 1 amide bonds. The first-order valence-corrected chi connectivity index (χ1v) is 8.33. The second-order valence-corrected chi connectivity index (χ2v) is 8.51. The molecule has 112 valence electrons. The van der Waals surface area contributed by atoms with Crippen molar-refractivity contribution in [3.8, 4) is 0 Å². The summed E-state index contributed by atoms with van der Waals surface area (Å²) in [7, 11) is -3.29. The number of rotatable bonds is 4. The number of amides is 1. The van der Waals surface area contributed by atoms with Crippen molar-refractivity contribution >= 4 is 44.6 Å². The Morgan fingerprint density at radius 3 is 2.35 bits per heavy atom. The Bertz CT molecular complexity index is 619. The molecular formula is C12H16Cl2N2O3S. The largest absolute Gasteiger partial charge is 0.397 e. The summed E-state index contributed by atoms with van der Waals surface area (Å²) in [4.78, 5) is 12.0. The Labute approximate surface area is 128 Å². The third-order valence-electron chi connectivity index (χ3n) is 3.00. The van der Waals surface area contributed by atoms with Crippen molar-refractivity contribution in [2.24, 2.45) is 0 Å². The number of carbonyl (C=O) groups is 1. The highest BCUT2D eigenvalue weighted by Gasteiger charge is 2.30. The van der Waals surface area contributed by atoms with Crippen LogP contribution in [0, 0.1) is 0 Å². The molecule has 1 aromatic rings. The molecule has 0 saturated carbocycles. The van der Waals surface area contributed by atoms with Crippen LogP contribution >= 0.6 is 23.2 Å². The van der Waals surface area contributed by atoms with Crippen LogP contribution < -0.4 is 11.1 Å². The van der Waals surface area contributed by atoms with Gasteiger partial charge in [-0.3, -0.25) is 4.79 Å². The van der Waals surface area contributed by atoms with E-state index >= 15 is 0 Å². The van der Waals surface area contributed by atoms with Crippen molar-refractivity contribution in [1.29, 1.82) is 0 Å². The number of anilines is 1. The van der Waals surface area contributed by atoms with Crippen LogP contribution in [0.25, 0.3) is 0 Å². The highest BCUT2D eigenvalue weighted by Crippen LogP contribution is 2.29. The van der Waals surface area contributed by atoms with E-state index in [4.69, 9.17) is 28.9 Å². The molecule has 0 radical (unpaired) electrons. The minimum Gasteiger partial charge on any atom is -0.397 e. The fourth-order valence-electron chi connectivity index (χ4n) is 1.27. The molecule has 0 saturated heterocycles. The lowest BCUT2D eigenvalue weighted by Crippen LogP contribution is -2.43. The van der Waals surface area contributed by atoms with Crippen LogP contribution in [0.3, 0.4) is 0 Å². The maximum atomic E-state index is 12.0. The lowest BCUT2D eigenvalue weighted by atomic mass is 10.1. The molecule has 0 fully saturated rings. The van der Waals surface area contributed by atoms with E-state index in [1.165, 1.54) is 26.0 Å². The zero-order valence-corrected chi connectivity index (χ0v) is 13.7. The van der Waals surface area contributed by atoms with E-state index in [0.29, 0.717) is 0 Å². The average molecular weight is 339 g/mol. The summed E-state index contributed by atoms with van der Waals surface area (Å²) in [6, 6.07) is 2.76. The molecule has 20 heavy (non-hydrogen) atoms. The number of nitrogens with one attached hydrogen (secondary N) is 1. The van der Waals surface area contributed by atoms with Crippen molar-refractivity contribution in [3.63, 3.8) is 0 Å². The number of benzene rings is 1. The molecule has 0 aliphatic carbocycles. The van der Waals surface area contributed by atoms with Gasteiger partial charge in [0, 0.05) is 18.4 Å². The van der Waals surface area contributed by atoms with Gasteiger partial charge in [-0.15, -0.1) is 0 Å². The van der Waals surface area contributed by atoms with Gasteiger partial charge in [0.15, 0.2) is 9.84 Å². The van der Waals surface area contributed by atoms with E-state index in [1.807, 2.05) is 0 Å². The highest BCUT2D eigenvalue weighted by atomic mass is 35.5. The van der Waals surface area contributed by atoms with Crippen molar-refractivity contribution < 1.29 is 13.2 Å². The van der Waals surface area contributed by atoms with Gasteiger partial charge in [0.2, 0.25) is 0 Å². The van der Waals surface area contributed by atoms with E-state index in [-0.39, 0.29) is 27.8 Å². The topological polar surface area (TPSA) is 89.3 Å². The molecule has 8 heteroatoms. The predicted octanol–water partition coefficient (Wildman–Crippen LogP) is 2.13. The van der Waals surface area contributed by atoms with Gasteiger partial charge in [0.05, 0.1) is 20.5 Å². The molecule has 0 spiro atoms. The van der Waals surface area contributed by atoms with Crippen LogP contribution in [0.4, 0.5) is 5.69 Å². The van der Waals surface area contributed by atoms with Crippen LogP contribution in [0.5, 0.6) is 0 Å². The van der Waals surface area contributed by atoms with Crippen LogP contribution in [-0.4, -0.2) is 31.9 Å². The molecule has 0 aromatic heterocycles. The monoisotopic (exact) mass is 338 g/mol. The number of hydrogen-bond acceptors (Lipinski definition) is 4. The maximum absolute atomic E-state index is 12.0. The van der Waals surface area contributed by atoms with E-state index in [1.54, 1.807) is 0 Å². The van der Waals surface area contributed by atoms with Crippen molar-refractivity contribution in [1.82, 2.24) is 5.32 Å². The Morgan fingerprint density at radius 1 is 1.35 bits per heavy atom. The summed E-state index contributed by atoms with van der Waals surface area (Å²) < 4.78 is 22.0. The van der Waals surface area contributed by atoms with Crippen molar-refractivity contribution in [3.05, 3.63) is 27.7 Å². The third-order valence-corrected chi connectivity index (χ3v) is 5.97. The van der Waals surface area contributed by atoms with Gasteiger partial charge >= 0.3 is 0 Å². The quantitative estimate of drug-likeness (QED) is 0.823. The minimum absolute atomic E-state index is 0.0230. The van der Waals surface area contributed by atoms with Crippen LogP contribution in [0.1, 0.15) is 24.2 Å². The lowest BCUT2D eigenvalue weighted by Gasteiger charge is -2.22. The number of nitrogen functional groups attached to an aromatic ring is 1. The second kappa shape index (κ2) is 5.79. The first-order chi connectivity index (χ1) is 8.95. The summed E-state index contributed by atoms with van der Waals surface area (Å²) in [6.45, 7) is 3.04. The van der Waals surface area contributed by atoms with Gasteiger partial charge in [0.1, 0.15) is 0 Å². The van der Waals surface area contributed by atoms with Gasteiger partial charge in [-0.2, -0.15) is 0 Å². The lowest BCUT2D eigenvalue weighted by molar-refractivity contribution is 0.0950.